The van der Waals surface area contributed by atoms with Crippen molar-refractivity contribution in [3.63, 3.8) is 0 Å². The van der Waals surface area contributed by atoms with E-state index in [1.54, 1.807) is 0 Å². The summed E-state index contributed by atoms with van der Waals surface area (Å²) in [6.07, 6.45) is 8.15. The Kier molecular flexibility index (Phi) is 2.78. The Labute approximate surface area is 135 Å². The van der Waals surface area contributed by atoms with E-state index in [0.717, 1.165) is 18.0 Å². The zero-order chi connectivity index (χ0) is 15.3. The molecule has 116 valence electrons. The van der Waals surface area contributed by atoms with Crippen molar-refractivity contribution in [2.75, 3.05) is 4.90 Å². The molecule has 3 aromatic rings. The van der Waals surface area contributed by atoms with Gasteiger partial charge in [0.15, 0.2) is 0 Å². The molecule has 0 bridgehead atoms. The molecule has 1 aliphatic heterocycles. The molecule has 1 aliphatic carbocycles. The topological polar surface area (TPSA) is 29.3 Å². The van der Waals surface area contributed by atoms with E-state index < -0.39 is 0 Å². The summed E-state index contributed by atoms with van der Waals surface area (Å²) in [6, 6.07) is 15.0. The highest BCUT2D eigenvalue weighted by Crippen LogP contribution is 2.53. The highest BCUT2D eigenvalue weighted by molar-refractivity contribution is 5.83. The van der Waals surface area contributed by atoms with Crippen LogP contribution in [0.25, 0.3) is 11.1 Å². The molecular formula is C20H20N2O. The van der Waals surface area contributed by atoms with Crippen molar-refractivity contribution in [2.45, 2.75) is 44.2 Å². The number of aromatic nitrogens is 1. The molecule has 1 spiro atoms. The van der Waals surface area contributed by atoms with Gasteiger partial charge in [0.25, 0.3) is 0 Å². The second kappa shape index (κ2) is 4.85. The zero-order valence-corrected chi connectivity index (χ0v) is 13.2. The minimum Gasteiger partial charge on any atom is -0.440 e. The molecule has 1 aromatic carbocycles. The van der Waals surface area contributed by atoms with E-state index in [1.807, 2.05) is 12.3 Å². The SMILES string of the molecule is c1ccc(N2Cc3oc4ncccc4c3C23CCCCC3)cc1. The summed E-state index contributed by atoms with van der Waals surface area (Å²) in [5.74, 6) is 1.12. The van der Waals surface area contributed by atoms with Gasteiger partial charge in [0.2, 0.25) is 5.71 Å². The van der Waals surface area contributed by atoms with Crippen LogP contribution in [-0.4, -0.2) is 4.98 Å². The van der Waals surface area contributed by atoms with Crippen molar-refractivity contribution < 1.29 is 4.42 Å². The molecular weight excluding hydrogens is 284 g/mol. The van der Waals surface area contributed by atoms with Crippen molar-refractivity contribution in [1.29, 1.82) is 0 Å². The Balaban J connectivity index is 1.73. The van der Waals surface area contributed by atoms with Crippen molar-refractivity contribution in [1.82, 2.24) is 4.98 Å². The van der Waals surface area contributed by atoms with Gasteiger partial charge in [-0.2, -0.15) is 0 Å². The molecule has 3 heteroatoms. The van der Waals surface area contributed by atoms with Crippen LogP contribution in [0.1, 0.15) is 43.4 Å². The molecule has 0 radical (unpaired) electrons. The maximum absolute atomic E-state index is 6.14. The van der Waals surface area contributed by atoms with E-state index in [4.69, 9.17) is 4.42 Å². The first-order valence-electron chi connectivity index (χ1n) is 8.58. The lowest BCUT2D eigenvalue weighted by Crippen LogP contribution is -2.42. The highest BCUT2D eigenvalue weighted by Gasteiger charge is 2.49. The van der Waals surface area contributed by atoms with Gasteiger partial charge in [0.05, 0.1) is 12.1 Å². The van der Waals surface area contributed by atoms with Crippen LogP contribution in [0.4, 0.5) is 5.69 Å². The van der Waals surface area contributed by atoms with Crippen molar-refractivity contribution >= 4 is 16.8 Å². The van der Waals surface area contributed by atoms with E-state index in [1.165, 1.54) is 48.7 Å². The molecule has 2 aromatic heterocycles. The molecule has 2 aliphatic rings. The van der Waals surface area contributed by atoms with E-state index >= 15 is 0 Å². The first kappa shape index (κ1) is 13.2. The van der Waals surface area contributed by atoms with Gasteiger partial charge in [-0.15, -0.1) is 0 Å². The predicted octanol–water partition coefficient (Wildman–Crippen LogP) is 5.01. The number of nitrogens with zero attached hydrogens (tertiary/aromatic N) is 2. The number of hydrogen-bond acceptors (Lipinski definition) is 3. The van der Waals surface area contributed by atoms with Gasteiger partial charge in [0.1, 0.15) is 5.76 Å². The van der Waals surface area contributed by atoms with Gasteiger partial charge in [-0.1, -0.05) is 37.5 Å². The molecule has 0 N–H and O–H groups in total. The van der Waals surface area contributed by atoms with Crippen LogP contribution < -0.4 is 4.90 Å². The standard InChI is InChI=1S/C20H20N2O/c1-3-8-15(9-4-1)22-14-17-18(20(22)11-5-2-6-12-20)16-10-7-13-21-19(16)23-17/h1,3-4,7-10,13H,2,5-6,11-12,14H2. The lowest BCUT2D eigenvalue weighted by molar-refractivity contribution is 0.295. The fourth-order valence-corrected chi connectivity index (χ4v) is 4.63. The summed E-state index contributed by atoms with van der Waals surface area (Å²) in [5.41, 5.74) is 3.60. The average Bonchev–Trinajstić information content (AvgIpc) is 3.12. The molecule has 1 fully saturated rings. The fraction of sp³-hybridized carbons (Fsp3) is 0.350. The molecule has 1 saturated carbocycles. The minimum atomic E-state index is 0.0865. The Morgan fingerprint density at radius 3 is 2.61 bits per heavy atom. The third-order valence-corrected chi connectivity index (χ3v) is 5.57. The van der Waals surface area contributed by atoms with Crippen LogP contribution in [-0.2, 0) is 12.1 Å². The molecule has 0 amide bonds. The monoisotopic (exact) mass is 304 g/mol. The van der Waals surface area contributed by atoms with E-state index in [2.05, 4.69) is 46.3 Å². The molecule has 0 saturated heterocycles. The minimum absolute atomic E-state index is 0.0865. The van der Waals surface area contributed by atoms with Gasteiger partial charge >= 0.3 is 0 Å². The van der Waals surface area contributed by atoms with Gasteiger partial charge in [-0.3, -0.25) is 0 Å². The number of fused-ring (bicyclic) bond motifs is 4. The summed E-state index contributed by atoms with van der Waals surface area (Å²) in [7, 11) is 0. The summed E-state index contributed by atoms with van der Waals surface area (Å²) < 4.78 is 6.14. The van der Waals surface area contributed by atoms with Crippen molar-refractivity contribution in [3.8, 4) is 0 Å². The molecule has 3 heterocycles. The molecule has 3 nitrogen and oxygen atoms in total. The number of furan rings is 1. The summed E-state index contributed by atoms with van der Waals surface area (Å²) in [5, 5.41) is 1.21. The molecule has 0 unspecified atom stereocenters. The number of para-hydroxylation sites is 1. The van der Waals surface area contributed by atoms with E-state index in [0.29, 0.717) is 0 Å². The fourth-order valence-electron chi connectivity index (χ4n) is 4.63. The zero-order valence-electron chi connectivity index (χ0n) is 13.2. The third kappa shape index (κ3) is 1.79. The summed E-state index contributed by atoms with van der Waals surface area (Å²) in [6.45, 7) is 0.857. The lowest BCUT2D eigenvalue weighted by atomic mass is 9.76. The second-order valence-corrected chi connectivity index (χ2v) is 6.77. The summed E-state index contributed by atoms with van der Waals surface area (Å²) in [4.78, 5) is 7.01. The number of rotatable bonds is 1. The van der Waals surface area contributed by atoms with E-state index in [-0.39, 0.29) is 5.54 Å². The van der Waals surface area contributed by atoms with Gasteiger partial charge in [-0.25, -0.2) is 4.98 Å². The smallest absolute Gasteiger partial charge is 0.226 e. The number of pyridine rings is 1. The van der Waals surface area contributed by atoms with Gasteiger partial charge < -0.3 is 9.32 Å². The average molecular weight is 304 g/mol. The van der Waals surface area contributed by atoms with Crippen LogP contribution in [0, 0.1) is 0 Å². The molecule has 0 atom stereocenters. The van der Waals surface area contributed by atoms with Crippen LogP contribution in [0.15, 0.2) is 53.1 Å². The Morgan fingerprint density at radius 1 is 0.957 bits per heavy atom. The Bertz CT molecular complexity index is 846. The normalized spacial score (nSPS) is 19.4. The largest absolute Gasteiger partial charge is 0.440 e. The lowest BCUT2D eigenvalue weighted by Gasteiger charge is -2.43. The predicted molar refractivity (Wildman–Crippen MR) is 91.4 cm³/mol. The highest BCUT2D eigenvalue weighted by atomic mass is 16.3. The van der Waals surface area contributed by atoms with Crippen molar-refractivity contribution in [3.05, 3.63) is 60.0 Å². The first-order valence-corrected chi connectivity index (χ1v) is 8.58. The van der Waals surface area contributed by atoms with Crippen molar-refractivity contribution in [2.24, 2.45) is 0 Å². The number of benzene rings is 1. The second-order valence-electron chi connectivity index (χ2n) is 6.77. The van der Waals surface area contributed by atoms with Gasteiger partial charge in [-0.05, 0) is 37.1 Å². The summed E-state index contributed by atoms with van der Waals surface area (Å²) >= 11 is 0. The van der Waals surface area contributed by atoms with Crippen LogP contribution >= 0.6 is 0 Å². The quantitative estimate of drug-likeness (QED) is 0.633. The third-order valence-electron chi connectivity index (χ3n) is 5.57. The van der Waals surface area contributed by atoms with Gasteiger partial charge in [0, 0.05) is 22.8 Å². The van der Waals surface area contributed by atoms with E-state index in [9.17, 15) is 0 Å². The maximum Gasteiger partial charge on any atom is 0.226 e. The Morgan fingerprint density at radius 2 is 1.78 bits per heavy atom. The Hall–Kier alpha value is -2.29. The number of anilines is 1. The van der Waals surface area contributed by atoms with Crippen LogP contribution in [0.5, 0.6) is 0 Å². The number of hydrogen-bond donors (Lipinski definition) is 0. The van der Waals surface area contributed by atoms with Crippen LogP contribution in [0.2, 0.25) is 0 Å². The molecule has 5 rings (SSSR count). The van der Waals surface area contributed by atoms with Crippen LogP contribution in [0.3, 0.4) is 0 Å². The maximum atomic E-state index is 6.14. The molecule has 23 heavy (non-hydrogen) atoms. The first-order chi connectivity index (χ1) is 11.4.